The van der Waals surface area contributed by atoms with Crippen LogP contribution in [0.2, 0.25) is 0 Å². The van der Waals surface area contributed by atoms with Crippen LogP contribution in [0.5, 0.6) is 0 Å². The molecule has 0 aromatic heterocycles. The van der Waals surface area contributed by atoms with Gasteiger partial charge >= 0.3 is 0 Å². The third-order valence-electron chi connectivity index (χ3n) is 4.38. The minimum absolute atomic E-state index is 0.0588. The Balaban J connectivity index is 1.88. The van der Waals surface area contributed by atoms with E-state index in [0.717, 1.165) is 12.0 Å². The van der Waals surface area contributed by atoms with E-state index in [1.807, 2.05) is 18.2 Å². The lowest BCUT2D eigenvalue weighted by Crippen LogP contribution is -2.30. The number of hydrogen-bond donors (Lipinski definition) is 2. The highest BCUT2D eigenvalue weighted by atomic mass is 16.5. The molecule has 1 aliphatic carbocycles. The molecule has 0 heterocycles. The van der Waals surface area contributed by atoms with Crippen LogP contribution in [-0.2, 0) is 20.7 Å². The first-order valence-corrected chi connectivity index (χ1v) is 8.30. The Morgan fingerprint density at radius 2 is 1.91 bits per heavy atom. The summed E-state index contributed by atoms with van der Waals surface area (Å²) in [5.41, 5.74) is 1.47. The minimum Gasteiger partial charge on any atom is -0.368 e. The molecule has 2 rings (SSSR count). The average molecular weight is 318 g/mol. The Hall–Kier alpha value is -1.88. The van der Waals surface area contributed by atoms with Crippen molar-refractivity contribution in [2.45, 2.75) is 45.1 Å². The lowest BCUT2D eigenvalue weighted by Gasteiger charge is -2.28. The van der Waals surface area contributed by atoms with Gasteiger partial charge in [0, 0.05) is 12.7 Å². The summed E-state index contributed by atoms with van der Waals surface area (Å²) in [5.74, 6) is 0.253. The number of carbonyl (C=O) groups excluding carboxylic acids is 2. The fraction of sp³-hybridized carbons (Fsp3) is 0.556. The summed E-state index contributed by atoms with van der Waals surface area (Å²) in [4.78, 5) is 23.7. The van der Waals surface area contributed by atoms with E-state index in [2.05, 4.69) is 17.6 Å². The molecule has 1 fully saturated rings. The van der Waals surface area contributed by atoms with Gasteiger partial charge in [0.1, 0.15) is 6.61 Å². The van der Waals surface area contributed by atoms with Gasteiger partial charge in [0.05, 0.1) is 12.5 Å². The monoisotopic (exact) mass is 318 g/mol. The lowest BCUT2D eigenvalue weighted by atomic mass is 9.88. The van der Waals surface area contributed by atoms with Crippen molar-refractivity contribution in [3.8, 4) is 0 Å². The zero-order valence-corrected chi connectivity index (χ0v) is 13.9. The van der Waals surface area contributed by atoms with Crippen LogP contribution in [0.1, 0.15) is 38.2 Å². The van der Waals surface area contributed by atoms with Crippen LogP contribution in [0, 0.1) is 5.92 Å². The maximum Gasteiger partial charge on any atom is 0.250 e. The summed E-state index contributed by atoms with van der Waals surface area (Å²) in [7, 11) is 1.60. The molecule has 2 amide bonds. The highest BCUT2D eigenvalue weighted by Gasteiger charge is 2.22. The standard InChI is InChI=1S/C18H26N2O3/c1-13-7-3-6-10-16(13)23-12-18(22)20-15-9-5-4-8-14(15)11-17(21)19-2/h4-5,8-9,13,16H,3,6-7,10-12H2,1-2H3,(H,19,21)(H,20,22)/t13-,16-/m0/s1. The third-order valence-corrected chi connectivity index (χ3v) is 4.38. The highest BCUT2D eigenvalue weighted by Crippen LogP contribution is 2.26. The Morgan fingerprint density at radius 3 is 2.65 bits per heavy atom. The van der Waals surface area contributed by atoms with Crippen molar-refractivity contribution in [2.24, 2.45) is 5.92 Å². The van der Waals surface area contributed by atoms with E-state index < -0.39 is 0 Å². The Kier molecular flexibility index (Phi) is 6.59. The number of ether oxygens (including phenoxy) is 1. The second-order valence-electron chi connectivity index (χ2n) is 6.17. The van der Waals surface area contributed by atoms with Gasteiger partial charge in [0.2, 0.25) is 11.8 Å². The molecule has 5 heteroatoms. The minimum atomic E-state index is -0.174. The molecule has 1 aromatic rings. The topological polar surface area (TPSA) is 67.4 Å². The zero-order valence-electron chi connectivity index (χ0n) is 13.9. The van der Waals surface area contributed by atoms with Gasteiger partial charge in [0.15, 0.2) is 0 Å². The molecule has 0 unspecified atom stereocenters. The number of carbonyl (C=O) groups is 2. The molecule has 0 spiro atoms. The first kappa shape index (κ1) is 17.5. The van der Waals surface area contributed by atoms with Crippen molar-refractivity contribution in [3.05, 3.63) is 29.8 Å². The third kappa shape index (κ3) is 5.36. The van der Waals surface area contributed by atoms with Gasteiger partial charge in [-0.25, -0.2) is 0 Å². The molecule has 23 heavy (non-hydrogen) atoms. The van der Waals surface area contributed by atoms with Crippen molar-refractivity contribution in [3.63, 3.8) is 0 Å². The first-order valence-electron chi connectivity index (χ1n) is 8.30. The molecule has 2 N–H and O–H groups in total. The van der Waals surface area contributed by atoms with E-state index in [1.165, 1.54) is 19.3 Å². The molecule has 0 bridgehead atoms. The predicted molar refractivity (Wildman–Crippen MR) is 90.2 cm³/mol. The quantitative estimate of drug-likeness (QED) is 0.847. The van der Waals surface area contributed by atoms with Crippen molar-refractivity contribution in [2.75, 3.05) is 19.0 Å². The van der Waals surface area contributed by atoms with Gasteiger partial charge < -0.3 is 15.4 Å². The van der Waals surface area contributed by atoms with Crippen LogP contribution < -0.4 is 10.6 Å². The van der Waals surface area contributed by atoms with Crippen molar-refractivity contribution >= 4 is 17.5 Å². The number of benzene rings is 1. The second kappa shape index (κ2) is 8.67. The molecule has 2 atom stereocenters. The van der Waals surface area contributed by atoms with Crippen LogP contribution in [-0.4, -0.2) is 31.6 Å². The molecule has 0 saturated heterocycles. The van der Waals surface area contributed by atoms with E-state index in [-0.39, 0.29) is 30.9 Å². The number of rotatable bonds is 6. The Bertz CT molecular complexity index is 545. The van der Waals surface area contributed by atoms with Crippen LogP contribution in [0.3, 0.4) is 0 Å². The van der Waals surface area contributed by atoms with Gasteiger partial charge in [-0.1, -0.05) is 38.0 Å². The summed E-state index contributed by atoms with van der Waals surface area (Å²) in [6, 6.07) is 7.34. The van der Waals surface area contributed by atoms with E-state index in [1.54, 1.807) is 13.1 Å². The average Bonchev–Trinajstić information content (AvgIpc) is 2.56. The molecule has 1 aliphatic rings. The molecule has 126 valence electrons. The Labute approximate surface area is 137 Å². The molecule has 0 radical (unpaired) electrons. The van der Waals surface area contributed by atoms with Gasteiger partial charge in [-0.15, -0.1) is 0 Å². The normalized spacial score (nSPS) is 20.8. The predicted octanol–water partition coefficient (Wildman–Crippen LogP) is 2.51. The van der Waals surface area contributed by atoms with Crippen molar-refractivity contribution < 1.29 is 14.3 Å². The number of likely N-dealkylation sites (N-methyl/N-ethyl adjacent to an activating group) is 1. The maximum absolute atomic E-state index is 12.1. The molecule has 5 nitrogen and oxygen atoms in total. The molecule has 0 aliphatic heterocycles. The fourth-order valence-electron chi connectivity index (χ4n) is 2.96. The van der Waals surface area contributed by atoms with Gasteiger partial charge in [-0.05, 0) is 30.4 Å². The van der Waals surface area contributed by atoms with E-state index in [0.29, 0.717) is 11.6 Å². The summed E-state index contributed by atoms with van der Waals surface area (Å²) in [6.45, 7) is 2.24. The lowest BCUT2D eigenvalue weighted by molar-refractivity contribution is -0.124. The number of hydrogen-bond acceptors (Lipinski definition) is 3. The SMILES string of the molecule is CNC(=O)Cc1ccccc1NC(=O)CO[C@H]1CCCC[C@@H]1C. The van der Waals surface area contributed by atoms with Crippen LogP contribution in [0.4, 0.5) is 5.69 Å². The number of para-hydroxylation sites is 1. The number of nitrogens with one attached hydrogen (secondary N) is 2. The van der Waals surface area contributed by atoms with Crippen molar-refractivity contribution in [1.82, 2.24) is 5.32 Å². The summed E-state index contributed by atoms with van der Waals surface area (Å²) in [5, 5.41) is 5.44. The molecular formula is C18H26N2O3. The maximum atomic E-state index is 12.1. The Morgan fingerprint density at radius 1 is 1.17 bits per heavy atom. The number of anilines is 1. The summed E-state index contributed by atoms with van der Waals surface area (Å²) in [6.07, 6.45) is 5.04. The van der Waals surface area contributed by atoms with Gasteiger partial charge in [-0.3, -0.25) is 9.59 Å². The smallest absolute Gasteiger partial charge is 0.250 e. The fourth-order valence-corrected chi connectivity index (χ4v) is 2.96. The van der Waals surface area contributed by atoms with E-state index in [4.69, 9.17) is 4.74 Å². The second-order valence-corrected chi connectivity index (χ2v) is 6.17. The first-order chi connectivity index (χ1) is 11.1. The van der Waals surface area contributed by atoms with E-state index >= 15 is 0 Å². The molecule has 1 saturated carbocycles. The van der Waals surface area contributed by atoms with Crippen LogP contribution in [0.25, 0.3) is 0 Å². The van der Waals surface area contributed by atoms with E-state index in [9.17, 15) is 9.59 Å². The van der Waals surface area contributed by atoms with Crippen LogP contribution >= 0.6 is 0 Å². The summed E-state index contributed by atoms with van der Waals surface area (Å²) >= 11 is 0. The number of amides is 2. The van der Waals surface area contributed by atoms with Gasteiger partial charge in [0.25, 0.3) is 0 Å². The highest BCUT2D eigenvalue weighted by molar-refractivity contribution is 5.93. The summed E-state index contributed by atoms with van der Waals surface area (Å²) < 4.78 is 5.78. The largest absolute Gasteiger partial charge is 0.368 e. The zero-order chi connectivity index (χ0) is 16.7. The molecular weight excluding hydrogens is 292 g/mol. The van der Waals surface area contributed by atoms with Crippen LogP contribution in [0.15, 0.2) is 24.3 Å². The molecule has 1 aromatic carbocycles. The van der Waals surface area contributed by atoms with Gasteiger partial charge in [-0.2, -0.15) is 0 Å². The van der Waals surface area contributed by atoms with Crippen molar-refractivity contribution in [1.29, 1.82) is 0 Å².